The number of ether oxygens (including phenoxy) is 2. The lowest BCUT2D eigenvalue weighted by Crippen LogP contribution is -2.52. The van der Waals surface area contributed by atoms with E-state index < -0.39 is 0 Å². The maximum Gasteiger partial charge on any atom is 0.0506 e. The van der Waals surface area contributed by atoms with Crippen molar-refractivity contribution in [3.8, 4) is 0 Å². The Kier molecular flexibility index (Phi) is 3.92. The van der Waals surface area contributed by atoms with Crippen LogP contribution in [0.5, 0.6) is 0 Å². The van der Waals surface area contributed by atoms with Crippen LogP contribution in [0.4, 0.5) is 0 Å². The van der Waals surface area contributed by atoms with Gasteiger partial charge in [-0.2, -0.15) is 0 Å². The maximum atomic E-state index is 5.57. The molecule has 0 aromatic rings. The lowest BCUT2D eigenvalue weighted by Gasteiger charge is -2.42. The largest absolute Gasteiger partial charge is 0.381 e. The highest BCUT2D eigenvalue weighted by Crippen LogP contribution is 2.46. The summed E-state index contributed by atoms with van der Waals surface area (Å²) in [5.41, 5.74) is 0.552. The van der Waals surface area contributed by atoms with Gasteiger partial charge in [-0.1, -0.05) is 13.3 Å². The van der Waals surface area contributed by atoms with Crippen LogP contribution in [0, 0.1) is 11.3 Å². The molecule has 2 aliphatic heterocycles. The molecule has 1 aliphatic carbocycles. The number of nitrogens with one attached hydrogen (secondary N) is 1. The van der Waals surface area contributed by atoms with Gasteiger partial charge in [0.1, 0.15) is 0 Å². The van der Waals surface area contributed by atoms with E-state index in [-0.39, 0.29) is 0 Å². The highest BCUT2D eigenvalue weighted by molar-refractivity contribution is 4.99. The summed E-state index contributed by atoms with van der Waals surface area (Å²) in [6.45, 7) is 6.14. The van der Waals surface area contributed by atoms with Crippen molar-refractivity contribution in [1.82, 2.24) is 5.32 Å². The average molecular weight is 253 g/mol. The monoisotopic (exact) mass is 253 g/mol. The third kappa shape index (κ3) is 2.45. The molecule has 1 saturated carbocycles. The summed E-state index contributed by atoms with van der Waals surface area (Å²) in [6, 6.07) is 1.40. The second kappa shape index (κ2) is 5.48. The van der Waals surface area contributed by atoms with Crippen LogP contribution in [-0.2, 0) is 9.47 Å². The van der Waals surface area contributed by atoms with E-state index in [0.29, 0.717) is 17.4 Å². The zero-order valence-electron chi connectivity index (χ0n) is 11.6. The molecule has 3 nitrogen and oxygen atoms in total. The van der Waals surface area contributed by atoms with Crippen LogP contribution in [0.25, 0.3) is 0 Å². The highest BCUT2D eigenvalue weighted by atomic mass is 16.5. The van der Waals surface area contributed by atoms with Crippen molar-refractivity contribution < 1.29 is 9.47 Å². The molecule has 104 valence electrons. The molecule has 1 N–H and O–H groups in total. The van der Waals surface area contributed by atoms with E-state index in [4.69, 9.17) is 9.47 Å². The number of hydrogen-bond acceptors (Lipinski definition) is 3. The Morgan fingerprint density at radius 1 is 1.00 bits per heavy atom. The Morgan fingerprint density at radius 3 is 2.61 bits per heavy atom. The molecule has 2 heterocycles. The molecule has 3 fully saturated rings. The second-order valence-corrected chi connectivity index (χ2v) is 6.53. The molecule has 3 aliphatic rings. The molecule has 3 atom stereocenters. The fourth-order valence-electron chi connectivity index (χ4n) is 4.16. The van der Waals surface area contributed by atoms with Gasteiger partial charge in [0.15, 0.2) is 0 Å². The van der Waals surface area contributed by atoms with Crippen LogP contribution in [0.3, 0.4) is 0 Å². The lowest BCUT2D eigenvalue weighted by atomic mass is 9.75. The van der Waals surface area contributed by atoms with Gasteiger partial charge < -0.3 is 14.8 Å². The topological polar surface area (TPSA) is 30.5 Å². The smallest absolute Gasteiger partial charge is 0.0506 e. The molecular formula is C15H27NO2. The molecule has 0 bridgehead atoms. The molecular weight excluding hydrogens is 226 g/mol. The van der Waals surface area contributed by atoms with Crippen molar-refractivity contribution in [3.05, 3.63) is 0 Å². The van der Waals surface area contributed by atoms with E-state index in [1.54, 1.807) is 0 Å². The zero-order valence-corrected chi connectivity index (χ0v) is 11.6. The minimum atomic E-state index is 0.552. The van der Waals surface area contributed by atoms with Gasteiger partial charge in [-0.15, -0.1) is 0 Å². The summed E-state index contributed by atoms with van der Waals surface area (Å²) >= 11 is 0. The Labute approximate surface area is 111 Å². The van der Waals surface area contributed by atoms with Crippen molar-refractivity contribution in [2.75, 3.05) is 26.4 Å². The van der Waals surface area contributed by atoms with E-state index in [2.05, 4.69) is 12.2 Å². The minimum absolute atomic E-state index is 0.552. The minimum Gasteiger partial charge on any atom is -0.381 e. The molecule has 0 amide bonds. The van der Waals surface area contributed by atoms with Crippen LogP contribution in [0.2, 0.25) is 0 Å². The van der Waals surface area contributed by atoms with Crippen molar-refractivity contribution in [2.45, 2.75) is 57.5 Å². The van der Waals surface area contributed by atoms with E-state index in [0.717, 1.165) is 32.5 Å². The predicted octanol–water partition coefficient (Wildman–Crippen LogP) is 2.35. The zero-order chi connectivity index (χ0) is 12.4. The van der Waals surface area contributed by atoms with Gasteiger partial charge in [-0.05, 0) is 43.4 Å². The molecule has 0 aromatic heterocycles. The average Bonchev–Trinajstić information content (AvgIpc) is 2.76. The third-order valence-corrected chi connectivity index (χ3v) is 5.45. The fraction of sp³-hybridized carbons (Fsp3) is 1.00. The Balaban J connectivity index is 1.63. The molecule has 2 saturated heterocycles. The lowest BCUT2D eigenvalue weighted by molar-refractivity contribution is -0.00943. The van der Waals surface area contributed by atoms with Crippen LogP contribution in [-0.4, -0.2) is 38.5 Å². The van der Waals surface area contributed by atoms with Crippen LogP contribution >= 0.6 is 0 Å². The highest BCUT2D eigenvalue weighted by Gasteiger charge is 2.44. The van der Waals surface area contributed by atoms with Gasteiger partial charge in [0.05, 0.1) is 6.61 Å². The summed E-state index contributed by atoms with van der Waals surface area (Å²) in [5.74, 6) is 0.663. The van der Waals surface area contributed by atoms with Crippen molar-refractivity contribution in [1.29, 1.82) is 0 Å². The van der Waals surface area contributed by atoms with Gasteiger partial charge in [0, 0.05) is 31.9 Å². The first kappa shape index (κ1) is 12.9. The molecule has 3 rings (SSSR count). The Morgan fingerprint density at radius 2 is 1.83 bits per heavy atom. The Hall–Kier alpha value is -0.120. The van der Waals surface area contributed by atoms with Gasteiger partial charge in [-0.3, -0.25) is 0 Å². The van der Waals surface area contributed by atoms with Crippen LogP contribution in [0.1, 0.15) is 45.4 Å². The van der Waals surface area contributed by atoms with Crippen molar-refractivity contribution in [3.63, 3.8) is 0 Å². The van der Waals surface area contributed by atoms with E-state index in [9.17, 15) is 0 Å². The molecule has 3 unspecified atom stereocenters. The van der Waals surface area contributed by atoms with E-state index in [1.807, 2.05) is 0 Å². The molecule has 0 aromatic carbocycles. The fourth-order valence-corrected chi connectivity index (χ4v) is 4.16. The SMILES string of the molecule is CC1COCCC1NC1CCCC12CCOCC2. The van der Waals surface area contributed by atoms with Gasteiger partial charge in [0.2, 0.25) is 0 Å². The summed E-state index contributed by atoms with van der Waals surface area (Å²) < 4.78 is 11.1. The molecule has 1 spiro atoms. The maximum absolute atomic E-state index is 5.57. The first-order chi connectivity index (χ1) is 8.80. The molecule has 18 heavy (non-hydrogen) atoms. The first-order valence-electron chi connectivity index (χ1n) is 7.72. The normalized spacial score (nSPS) is 40.2. The van der Waals surface area contributed by atoms with E-state index >= 15 is 0 Å². The van der Waals surface area contributed by atoms with E-state index in [1.165, 1.54) is 38.5 Å². The van der Waals surface area contributed by atoms with Crippen LogP contribution in [0.15, 0.2) is 0 Å². The summed E-state index contributed by atoms with van der Waals surface area (Å²) in [4.78, 5) is 0. The van der Waals surface area contributed by atoms with Crippen molar-refractivity contribution in [2.24, 2.45) is 11.3 Å². The second-order valence-electron chi connectivity index (χ2n) is 6.53. The standard InChI is InChI=1S/C15H27NO2/c1-12-11-18-8-4-13(12)16-14-3-2-5-15(14)6-9-17-10-7-15/h12-14,16H,2-11H2,1H3. The first-order valence-corrected chi connectivity index (χ1v) is 7.72. The van der Waals surface area contributed by atoms with Crippen LogP contribution < -0.4 is 5.32 Å². The molecule has 3 heteroatoms. The summed E-state index contributed by atoms with van der Waals surface area (Å²) in [6.07, 6.45) is 7.89. The number of hydrogen-bond donors (Lipinski definition) is 1. The van der Waals surface area contributed by atoms with Gasteiger partial charge >= 0.3 is 0 Å². The van der Waals surface area contributed by atoms with Gasteiger partial charge in [0.25, 0.3) is 0 Å². The third-order valence-electron chi connectivity index (χ3n) is 5.45. The van der Waals surface area contributed by atoms with Gasteiger partial charge in [-0.25, -0.2) is 0 Å². The quantitative estimate of drug-likeness (QED) is 0.819. The summed E-state index contributed by atoms with van der Waals surface area (Å²) in [7, 11) is 0. The summed E-state index contributed by atoms with van der Waals surface area (Å²) in [5, 5.41) is 3.99. The molecule has 0 radical (unpaired) electrons. The number of rotatable bonds is 2. The Bertz CT molecular complexity index is 276. The predicted molar refractivity (Wildman–Crippen MR) is 71.6 cm³/mol. The van der Waals surface area contributed by atoms with Crippen molar-refractivity contribution >= 4 is 0 Å².